The molecular formula is C11H36O. The third kappa shape index (κ3) is 91.3. The fourth-order valence-corrected chi connectivity index (χ4v) is 0.289. The molecule has 0 bridgehead atoms. The third-order valence-corrected chi connectivity index (χ3v) is 0.553. The number of rotatable bonds is 3. The first-order valence-electron chi connectivity index (χ1n) is 2.49. The zero-order valence-corrected chi connectivity index (χ0v) is 4.53. The first kappa shape index (κ1) is 58.4. The smallest absolute Gasteiger partial charge is 0.0463 e. The van der Waals surface area contributed by atoms with Gasteiger partial charge in [-0.15, -0.1) is 0 Å². The van der Waals surface area contributed by atoms with Gasteiger partial charge in [0.05, 0.1) is 0 Å². The van der Waals surface area contributed by atoms with Crippen molar-refractivity contribution in [1.82, 2.24) is 0 Å². The second-order valence-corrected chi connectivity index (χ2v) is 1.20. The van der Waals surface area contributed by atoms with Gasteiger partial charge in [0.15, 0.2) is 0 Å². The molecule has 0 N–H and O–H groups in total. The molecule has 0 saturated carbocycles. The molecule has 1 nitrogen and oxygen atoms in total. The maximum atomic E-state index is 4.98. The van der Waals surface area contributed by atoms with Crippen molar-refractivity contribution in [3.05, 3.63) is 0 Å². The van der Waals surface area contributed by atoms with E-state index in [9.17, 15) is 0 Å². The summed E-state index contributed by atoms with van der Waals surface area (Å²) in [6.45, 7) is 5.88. The summed E-state index contributed by atoms with van der Waals surface area (Å²) in [6, 6.07) is 0. The lowest BCUT2D eigenvalue weighted by molar-refractivity contribution is 0.148. The van der Waals surface area contributed by atoms with Crippen LogP contribution in [0.25, 0.3) is 0 Å². The molecule has 0 amide bonds. The van der Waals surface area contributed by atoms with Gasteiger partial charge >= 0.3 is 0 Å². The maximum Gasteiger partial charge on any atom is 0.0463 e. The van der Waals surface area contributed by atoms with E-state index in [4.69, 9.17) is 4.74 Å². The molecule has 0 fully saturated rings. The topological polar surface area (TPSA) is 9.23 Å². The average Bonchev–Trinajstić information content (AvgIpc) is 1.61. The fourth-order valence-electron chi connectivity index (χ4n) is 0.289. The molecule has 1 heteroatoms. The normalized spacial score (nSPS) is 4.50. The first-order chi connectivity index (χ1) is 2.91. The van der Waals surface area contributed by atoms with Gasteiger partial charge in [0.2, 0.25) is 0 Å². The van der Waals surface area contributed by atoms with Crippen LogP contribution in [0.5, 0.6) is 0 Å². The highest BCUT2D eigenvalue weighted by atomic mass is 16.5. The lowest BCUT2D eigenvalue weighted by Crippen LogP contribution is -1.88. The molecular weight excluding hydrogens is 148 g/mol. The Kier molecular flexibility index (Phi) is 337. The molecule has 0 saturated heterocycles. The van der Waals surface area contributed by atoms with E-state index in [2.05, 4.69) is 6.92 Å². The molecule has 0 unspecified atom stereocenters. The summed E-state index contributed by atoms with van der Waals surface area (Å²) in [5.74, 6) is 0. The third-order valence-electron chi connectivity index (χ3n) is 0.553. The summed E-state index contributed by atoms with van der Waals surface area (Å²) in [7, 11) is 0. The van der Waals surface area contributed by atoms with Gasteiger partial charge < -0.3 is 4.74 Å². The molecule has 12 heavy (non-hydrogen) atoms. The maximum absolute atomic E-state index is 4.98. The lowest BCUT2D eigenvalue weighted by Gasteiger charge is -1.91. The summed E-state index contributed by atoms with van der Waals surface area (Å²) in [5, 5.41) is 0. The van der Waals surface area contributed by atoms with Crippen molar-refractivity contribution in [3.63, 3.8) is 0 Å². The van der Waals surface area contributed by atoms with E-state index >= 15 is 0 Å². The van der Waals surface area contributed by atoms with E-state index in [1.54, 1.807) is 0 Å². The van der Waals surface area contributed by atoms with Crippen molar-refractivity contribution in [2.45, 2.75) is 64.8 Å². The lowest BCUT2D eigenvalue weighted by atomic mass is 10.5. The second-order valence-electron chi connectivity index (χ2n) is 1.20. The largest absolute Gasteiger partial charge is 0.382 e. The molecule has 0 aromatic rings. The predicted molar refractivity (Wildman–Crippen MR) is 67.2 cm³/mol. The van der Waals surface area contributed by atoms with Crippen molar-refractivity contribution in [3.8, 4) is 0 Å². The minimum Gasteiger partial charge on any atom is -0.382 e. The molecule has 0 aromatic heterocycles. The van der Waals surface area contributed by atoms with E-state index in [-0.39, 0.29) is 44.6 Å². The minimum atomic E-state index is 0. The highest BCUT2D eigenvalue weighted by molar-refractivity contribution is 4.19. The quantitative estimate of drug-likeness (QED) is 0.544. The summed E-state index contributed by atoms with van der Waals surface area (Å²) in [4.78, 5) is 0. The second kappa shape index (κ2) is 69.3. The molecule has 0 spiro atoms. The highest BCUT2D eigenvalue weighted by Crippen LogP contribution is 1.75. The Balaban J connectivity index is -0.00000000833. The monoisotopic (exact) mass is 184 g/mol. The number of hydrogen-bond donors (Lipinski definition) is 0. The molecule has 0 aromatic carbocycles. The molecule has 0 radical (unpaired) electrons. The van der Waals surface area contributed by atoms with Crippen LogP contribution in [0.1, 0.15) is 64.8 Å². The van der Waals surface area contributed by atoms with Crippen LogP contribution in [0.15, 0.2) is 0 Å². The van der Waals surface area contributed by atoms with Gasteiger partial charge in [0.1, 0.15) is 0 Å². The average molecular weight is 184 g/mol. The van der Waals surface area contributed by atoms with Gasteiger partial charge in [-0.05, 0) is 13.3 Å². The summed E-state index contributed by atoms with van der Waals surface area (Å²) >= 11 is 0. The van der Waals surface area contributed by atoms with E-state index in [1.807, 2.05) is 6.92 Å². The van der Waals surface area contributed by atoms with Crippen LogP contribution in [0, 0.1) is 0 Å². The van der Waals surface area contributed by atoms with Crippen molar-refractivity contribution < 1.29 is 4.74 Å². The Morgan fingerprint density at radius 3 is 1.17 bits per heavy atom. The predicted octanol–water partition coefficient (Wildman–Crippen LogP) is 5.25. The molecule has 0 aliphatic carbocycles. The van der Waals surface area contributed by atoms with Gasteiger partial charge in [0.25, 0.3) is 0 Å². The van der Waals surface area contributed by atoms with Gasteiger partial charge in [-0.3, -0.25) is 0 Å². The summed E-state index contributed by atoms with van der Waals surface area (Å²) in [5.41, 5.74) is 0. The zero-order valence-electron chi connectivity index (χ0n) is 4.53. The Labute approximate surface area is 83.5 Å². The van der Waals surface area contributed by atoms with Crippen LogP contribution < -0.4 is 0 Å². The Bertz CT molecular complexity index is 17.0. The number of ether oxygens (including phenoxy) is 1. The zero-order chi connectivity index (χ0) is 4.83. The van der Waals surface area contributed by atoms with E-state index in [0.29, 0.717) is 0 Å². The summed E-state index contributed by atoms with van der Waals surface area (Å²) < 4.78 is 4.98. The number of hydrogen-bond acceptors (Lipinski definition) is 1. The van der Waals surface area contributed by atoms with E-state index < -0.39 is 0 Å². The minimum absolute atomic E-state index is 0. The molecule has 0 aliphatic heterocycles. The van der Waals surface area contributed by atoms with E-state index in [1.165, 1.54) is 0 Å². The molecule has 0 aliphatic rings. The van der Waals surface area contributed by atoms with Crippen LogP contribution in [-0.4, -0.2) is 13.2 Å². The van der Waals surface area contributed by atoms with Crippen molar-refractivity contribution in [2.75, 3.05) is 13.2 Å². The standard InChI is InChI=1S/C5H12O.6CH4/c1-3-5-6-4-2;;;;;;/h3-5H2,1-2H3;6*1H4. The van der Waals surface area contributed by atoms with Crippen molar-refractivity contribution >= 4 is 0 Å². The van der Waals surface area contributed by atoms with Crippen LogP contribution in [0.3, 0.4) is 0 Å². The fraction of sp³-hybridized carbons (Fsp3) is 1.00. The highest BCUT2D eigenvalue weighted by Gasteiger charge is 1.72. The van der Waals surface area contributed by atoms with Crippen molar-refractivity contribution in [2.24, 2.45) is 0 Å². The van der Waals surface area contributed by atoms with Crippen LogP contribution in [0.4, 0.5) is 0 Å². The van der Waals surface area contributed by atoms with Gasteiger partial charge in [-0.2, -0.15) is 0 Å². The summed E-state index contributed by atoms with van der Waals surface area (Å²) in [6.07, 6.45) is 1.13. The SMILES string of the molecule is C.C.C.C.C.C.CCCOCC. The Morgan fingerprint density at radius 2 is 1.08 bits per heavy atom. The van der Waals surface area contributed by atoms with Gasteiger partial charge in [-0.1, -0.05) is 51.5 Å². The Morgan fingerprint density at radius 1 is 0.750 bits per heavy atom. The first-order valence-corrected chi connectivity index (χ1v) is 2.49. The van der Waals surface area contributed by atoms with Gasteiger partial charge in [-0.25, -0.2) is 0 Å². The Hall–Kier alpha value is -0.0400. The van der Waals surface area contributed by atoms with Crippen molar-refractivity contribution in [1.29, 1.82) is 0 Å². The van der Waals surface area contributed by atoms with E-state index in [0.717, 1.165) is 19.6 Å². The van der Waals surface area contributed by atoms with Crippen LogP contribution >= 0.6 is 0 Å². The van der Waals surface area contributed by atoms with Crippen LogP contribution in [0.2, 0.25) is 0 Å². The molecule has 86 valence electrons. The molecule has 0 rings (SSSR count). The van der Waals surface area contributed by atoms with Gasteiger partial charge in [0, 0.05) is 13.2 Å². The van der Waals surface area contributed by atoms with Crippen LogP contribution in [-0.2, 0) is 4.74 Å². The molecule has 0 heterocycles. The molecule has 0 atom stereocenters.